The zero-order valence-electron chi connectivity index (χ0n) is 8.96. The van der Waals surface area contributed by atoms with Gasteiger partial charge in [0.1, 0.15) is 0 Å². The quantitative estimate of drug-likeness (QED) is 0.774. The number of nitrogens with zero attached hydrogens (tertiary/aromatic N) is 1. The molecule has 2 heteroatoms. The summed E-state index contributed by atoms with van der Waals surface area (Å²) in [6.45, 7) is 5.72. The van der Waals surface area contributed by atoms with Crippen LogP contribution >= 0.6 is 0 Å². The van der Waals surface area contributed by atoms with E-state index in [-0.39, 0.29) is 5.54 Å². The Morgan fingerprint density at radius 3 is 2.57 bits per heavy atom. The van der Waals surface area contributed by atoms with E-state index in [0.717, 1.165) is 6.54 Å². The van der Waals surface area contributed by atoms with Gasteiger partial charge in [0, 0.05) is 17.9 Å². The van der Waals surface area contributed by atoms with Crippen LogP contribution in [-0.2, 0) is 5.54 Å². The average molecular weight is 190 g/mol. The summed E-state index contributed by atoms with van der Waals surface area (Å²) in [4.78, 5) is 4.08. The van der Waals surface area contributed by atoms with E-state index in [4.69, 9.17) is 0 Å². The Labute approximate surface area is 85.7 Å². The molecule has 1 aliphatic heterocycles. The number of hydrogen-bond donors (Lipinski definition) is 1. The van der Waals surface area contributed by atoms with Crippen LogP contribution in [0.15, 0.2) is 24.5 Å². The Morgan fingerprint density at radius 1 is 1.36 bits per heavy atom. The first kappa shape index (κ1) is 9.66. The summed E-state index contributed by atoms with van der Waals surface area (Å²) in [5.41, 5.74) is 1.59. The number of rotatable bonds is 2. The molecule has 1 aliphatic rings. The summed E-state index contributed by atoms with van der Waals surface area (Å²) in [6, 6.07) is 4.27. The third-order valence-corrected chi connectivity index (χ3v) is 3.37. The summed E-state index contributed by atoms with van der Waals surface area (Å²) < 4.78 is 0. The van der Waals surface area contributed by atoms with Gasteiger partial charge in [0.2, 0.25) is 0 Å². The second-order valence-corrected chi connectivity index (χ2v) is 4.39. The standard InChI is InChI=1S/C12H18N2/c1-10(2)12(6-3-7-14-12)11-4-8-13-9-5-11/h4-5,8-10,14H,3,6-7H2,1-2H3. The van der Waals surface area contributed by atoms with Crippen molar-refractivity contribution >= 4 is 0 Å². The van der Waals surface area contributed by atoms with E-state index in [1.54, 1.807) is 0 Å². The van der Waals surface area contributed by atoms with Crippen LogP contribution in [0.5, 0.6) is 0 Å². The van der Waals surface area contributed by atoms with Crippen molar-refractivity contribution in [1.29, 1.82) is 0 Å². The Morgan fingerprint density at radius 2 is 2.07 bits per heavy atom. The fraction of sp³-hybridized carbons (Fsp3) is 0.583. The first-order valence-corrected chi connectivity index (χ1v) is 5.41. The van der Waals surface area contributed by atoms with E-state index in [1.807, 2.05) is 12.4 Å². The number of pyridine rings is 1. The minimum Gasteiger partial charge on any atom is -0.307 e. The molecule has 1 aromatic rings. The van der Waals surface area contributed by atoms with Crippen molar-refractivity contribution in [3.8, 4) is 0 Å². The fourth-order valence-electron chi connectivity index (χ4n) is 2.49. The van der Waals surface area contributed by atoms with Crippen molar-refractivity contribution < 1.29 is 0 Å². The van der Waals surface area contributed by atoms with E-state index < -0.39 is 0 Å². The van der Waals surface area contributed by atoms with Gasteiger partial charge < -0.3 is 5.32 Å². The van der Waals surface area contributed by atoms with Gasteiger partial charge in [-0.25, -0.2) is 0 Å². The van der Waals surface area contributed by atoms with E-state index in [1.165, 1.54) is 18.4 Å². The molecule has 1 N–H and O–H groups in total. The van der Waals surface area contributed by atoms with Gasteiger partial charge in [-0.05, 0) is 43.0 Å². The zero-order chi connectivity index (χ0) is 10.0. The molecule has 0 aliphatic carbocycles. The van der Waals surface area contributed by atoms with Crippen molar-refractivity contribution in [3.63, 3.8) is 0 Å². The number of nitrogens with one attached hydrogen (secondary N) is 1. The normalized spacial score (nSPS) is 27.1. The first-order valence-electron chi connectivity index (χ1n) is 5.41. The Bertz CT molecular complexity index is 286. The molecule has 0 spiro atoms. The maximum atomic E-state index is 4.08. The molecule has 1 saturated heterocycles. The van der Waals surface area contributed by atoms with Crippen LogP contribution in [0.2, 0.25) is 0 Å². The highest BCUT2D eigenvalue weighted by molar-refractivity contribution is 5.24. The van der Waals surface area contributed by atoms with Crippen molar-refractivity contribution in [3.05, 3.63) is 30.1 Å². The van der Waals surface area contributed by atoms with Gasteiger partial charge >= 0.3 is 0 Å². The molecule has 0 bridgehead atoms. The van der Waals surface area contributed by atoms with Gasteiger partial charge in [-0.1, -0.05) is 13.8 Å². The third kappa shape index (κ3) is 1.44. The highest BCUT2D eigenvalue weighted by atomic mass is 15.0. The molecule has 2 rings (SSSR count). The first-order chi connectivity index (χ1) is 6.76. The van der Waals surface area contributed by atoms with Crippen LogP contribution in [0.3, 0.4) is 0 Å². The van der Waals surface area contributed by atoms with Gasteiger partial charge in [-0.3, -0.25) is 4.98 Å². The molecular formula is C12H18N2. The topological polar surface area (TPSA) is 24.9 Å². The van der Waals surface area contributed by atoms with Crippen molar-refractivity contribution in [2.24, 2.45) is 5.92 Å². The van der Waals surface area contributed by atoms with Gasteiger partial charge in [0.15, 0.2) is 0 Å². The molecule has 76 valence electrons. The lowest BCUT2D eigenvalue weighted by atomic mass is 9.79. The second kappa shape index (κ2) is 3.70. The molecule has 1 fully saturated rings. The predicted molar refractivity (Wildman–Crippen MR) is 58.0 cm³/mol. The highest BCUT2D eigenvalue weighted by Gasteiger charge is 2.37. The maximum Gasteiger partial charge on any atom is 0.0459 e. The van der Waals surface area contributed by atoms with Gasteiger partial charge in [0.05, 0.1) is 0 Å². The summed E-state index contributed by atoms with van der Waals surface area (Å²) in [5, 5.41) is 3.66. The zero-order valence-corrected chi connectivity index (χ0v) is 8.96. The van der Waals surface area contributed by atoms with E-state index in [9.17, 15) is 0 Å². The van der Waals surface area contributed by atoms with E-state index >= 15 is 0 Å². The molecular weight excluding hydrogens is 172 g/mol. The fourth-order valence-corrected chi connectivity index (χ4v) is 2.49. The van der Waals surface area contributed by atoms with E-state index in [2.05, 4.69) is 36.3 Å². The van der Waals surface area contributed by atoms with Gasteiger partial charge in [0.25, 0.3) is 0 Å². The van der Waals surface area contributed by atoms with E-state index in [0.29, 0.717) is 5.92 Å². The minimum absolute atomic E-state index is 0.197. The summed E-state index contributed by atoms with van der Waals surface area (Å²) in [7, 11) is 0. The molecule has 1 atom stereocenters. The lowest BCUT2D eigenvalue weighted by Gasteiger charge is -2.34. The molecule has 0 amide bonds. The third-order valence-electron chi connectivity index (χ3n) is 3.37. The molecule has 2 nitrogen and oxygen atoms in total. The van der Waals surface area contributed by atoms with Crippen molar-refractivity contribution in [1.82, 2.24) is 10.3 Å². The average Bonchev–Trinajstić information content (AvgIpc) is 2.69. The van der Waals surface area contributed by atoms with Crippen molar-refractivity contribution in [2.75, 3.05) is 6.54 Å². The molecule has 0 radical (unpaired) electrons. The second-order valence-electron chi connectivity index (χ2n) is 4.39. The Hall–Kier alpha value is -0.890. The predicted octanol–water partition coefficient (Wildman–Crippen LogP) is 2.32. The monoisotopic (exact) mass is 190 g/mol. The van der Waals surface area contributed by atoms with Gasteiger partial charge in [-0.2, -0.15) is 0 Å². The maximum absolute atomic E-state index is 4.08. The number of aromatic nitrogens is 1. The van der Waals surface area contributed by atoms with Crippen LogP contribution in [0, 0.1) is 5.92 Å². The minimum atomic E-state index is 0.197. The van der Waals surface area contributed by atoms with Crippen LogP contribution in [0.25, 0.3) is 0 Å². The largest absolute Gasteiger partial charge is 0.307 e. The molecule has 2 heterocycles. The summed E-state index contributed by atoms with van der Waals surface area (Å²) in [6.07, 6.45) is 6.30. The molecule has 0 aromatic carbocycles. The summed E-state index contributed by atoms with van der Waals surface area (Å²) in [5.74, 6) is 0.632. The molecule has 1 unspecified atom stereocenters. The summed E-state index contributed by atoms with van der Waals surface area (Å²) >= 11 is 0. The lowest BCUT2D eigenvalue weighted by molar-refractivity contribution is 0.277. The van der Waals surface area contributed by atoms with Gasteiger partial charge in [-0.15, -0.1) is 0 Å². The lowest BCUT2D eigenvalue weighted by Crippen LogP contribution is -2.41. The Balaban J connectivity index is 2.36. The van der Waals surface area contributed by atoms with Crippen molar-refractivity contribution in [2.45, 2.75) is 32.2 Å². The van der Waals surface area contributed by atoms with Crippen LogP contribution in [-0.4, -0.2) is 11.5 Å². The number of hydrogen-bond acceptors (Lipinski definition) is 2. The smallest absolute Gasteiger partial charge is 0.0459 e. The molecule has 0 saturated carbocycles. The van der Waals surface area contributed by atoms with Crippen LogP contribution in [0.4, 0.5) is 0 Å². The van der Waals surface area contributed by atoms with Crippen LogP contribution in [0.1, 0.15) is 32.3 Å². The van der Waals surface area contributed by atoms with Crippen LogP contribution < -0.4 is 5.32 Å². The highest BCUT2D eigenvalue weighted by Crippen LogP contribution is 2.37. The molecule has 1 aromatic heterocycles. The Kier molecular flexibility index (Phi) is 2.55. The SMILES string of the molecule is CC(C)C1(c2ccncc2)CCCN1. The molecule has 14 heavy (non-hydrogen) atoms.